The number of alkyl halides is 2. The summed E-state index contributed by atoms with van der Waals surface area (Å²) in [6.45, 7) is 0. The molecule has 0 aliphatic heterocycles. The fourth-order valence-electron chi connectivity index (χ4n) is 0.144. The molecule has 0 fully saturated rings. The Bertz CT molecular complexity index is 138. The van der Waals surface area contributed by atoms with Crippen LogP contribution in [0.15, 0.2) is 0 Å². The number of nitrogens with two attached hydrogens (primary N) is 1. The summed E-state index contributed by atoms with van der Waals surface area (Å²) in [6.07, 6.45) is 0. The quantitative estimate of drug-likeness (QED) is 0.371. The predicted octanol–water partition coefficient (Wildman–Crippen LogP) is 0.577. The van der Waals surface area contributed by atoms with Crippen molar-refractivity contribution in [2.24, 2.45) is 5.73 Å². The average molecular weight is 188 g/mol. The van der Waals surface area contributed by atoms with Crippen LogP contribution < -0.4 is 5.73 Å². The number of halogens is 2. The van der Waals surface area contributed by atoms with Crippen LogP contribution >= 0.6 is 35.4 Å². The van der Waals surface area contributed by atoms with Crippen molar-refractivity contribution in [3.63, 3.8) is 0 Å². The topological polar surface area (TPSA) is 52.3 Å². The second-order valence-electron chi connectivity index (χ2n) is 1.04. The molecular weight excluding hydrogens is 185 g/mol. The lowest BCUT2D eigenvalue weighted by Crippen LogP contribution is -2.21. The highest BCUT2D eigenvalue weighted by molar-refractivity contribution is 7.80. The molecule has 3 nitrogen and oxygen atoms in total. The zero-order valence-electron chi connectivity index (χ0n) is 4.14. The minimum Gasteiger partial charge on any atom is -0.397 e. The minimum absolute atomic E-state index is 0.383. The smallest absolute Gasteiger partial charge is 0.346 e. The maximum absolute atomic E-state index is 10.3. The summed E-state index contributed by atoms with van der Waals surface area (Å²) in [7, 11) is 0. The highest BCUT2D eigenvalue weighted by Crippen LogP contribution is 2.02. The van der Waals surface area contributed by atoms with E-state index >= 15 is 0 Å². The Labute approximate surface area is 67.0 Å². The lowest BCUT2D eigenvalue weighted by atomic mass is 10.8. The van der Waals surface area contributed by atoms with Gasteiger partial charge in [-0.2, -0.15) is 0 Å². The zero-order valence-corrected chi connectivity index (χ0v) is 6.46. The Morgan fingerprint density at radius 2 is 2.11 bits per heavy atom. The van der Waals surface area contributed by atoms with Crippen molar-refractivity contribution in [3.05, 3.63) is 0 Å². The molecule has 0 aliphatic carbocycles. The predicted molar refractivity (Wildman–Crippen MR) is 38.4 cm³/mol. The van der Waals surface area contributed by atoms with Crippen molar-refractivity contribution in [2.75, 3.05) is 0 Å². The lowest BCUT2D eigenvalue weighted by molar-refractivity contribution is -0.133. The van der Waals surface area contributed by atoms with Gasteiger partial charge in [0.1, 0.15) is 0 Å². The summed E-state index contributed by atoms with van der Waals surface area (Å²) < 4.78 is 4.12. The van der Waals surface area contributed by atoms with Crippen LogP contribution in [0.2, 0.25) is 0 Å². The Kier molecular flexibility index (Phi) is 3.84. The van der Waals surface area contributed by atoms with Crippen LogP contribution in [-0.4, -0.2) is 16.0 Å². The molecule has 0 radical (unpaired) electrons. The van der Waals surface area contributed by atoms with Gasteiger partial charge in [-0.1, -0.05) is 23.2 Å². The average Bonchev–Trinajstić information content (AvgIpc) is 1.63. The SMILES string of the molecule is NC(=S)OC(=O)C(Cl)Cl. The Morgan fingerprint density at radius 1 is 1.67 bits per heavy atom. The summed E-state index contributed by atoms with van der Waals surface area (Å²) in [4.78, 5) is 9.07. The van der Waals surface area contributed by atoms with Crippen molar-refractivity contribution < 1.29 is 9.53 Å². The first-order valence-electron chi connectivity index (χ1n) is 1.83. The molecule has 0 atom stereocenters. The van der Waals surface area contributed by atoms with E-state index in [-0.39, 0.29) is 5.17 Å². The number of carbonyl (C=O) groups excluding carboxylic acids is 1. The van der Waals surface area contributed by atoms with Crippen LogP contribution in [0.25, 0.3) is 0 Å². The number of rotatable bonds is 1. The van der Waals surface area contributed by atoms with Gasteiger partial charge in [0, 0.05) is 0 Å². The Balaban J connectivity index is 3.64. The van der Waals surface area contributed by atoms with E-state index < -0.39 is 10.8 Å². The summed E-state index contributed by atoms with van der Waals surface area (Å²) in [5.74, 6) is -0.856. The highest BCUT2D eigenvalue weighted by atomic mass is 35.5. The zero-order chi connectivity index (χ0) is 7.44. The molecule has 0 heterocycles. The Morgan fingerprint density at radius 3 is 2.22 bits per heavy atom. The van der Waals surface area contributed by atoms with E-state index in [1.54, 1.807) is 0 Å². The van der Waals surface area contributed by atoms with E-state index in [9.17, 15) is 4.79 Å². The van der Waals surface area contributed by atoms with Crippen molar-refractivity contribution in [2.45, 2.75) is 4.84 Å². The molecule has 0 unspecified atom stereocenters. The summed E-state index contributed by atoms with van der Waals surface area (Å²) >= 11 is 14.3. The van der Waals surface area contributed by atoms with Crippen LogP contribution in [0, 0.1) is 0 Å². The highest BCUT2D eigenvalue weighted by Gasteiger charge is 2.13. The summed E-state index contributed by atoms with van der Waals surface area (Å²) in [5.41, 5.74) is 4.80. The van der Waals surface area contributed by atoms with Crippen LogP contribution in [-0.2, 0) is 9.53 Å². The minimum atomic E-state index is -1.23. The first kappa shape index (κ1) is 8.94. The molecule has 0 saturated heterocycles. The van der Waals surface area contributed by atoms with Crippen LogP contribution in [0.1, 0.15) is 0 Å². The molecule has 0 aliphatic rings. The van der Waals surface area contributed by atoms with Gasteiger partial charge in [0.2, 0.25) is 4.84 Å². The molecule has 0 saturated carbocycles. The third kappa shape index (κ3) is 4.44. The fourth-order valence-corrected chi connectivity index (χ4v) is 0.315. The van der Waals surface area contributed by atoms with Gasteiger partial charge >= 0.3 is 5.97 Å². The van der Waals surface area contributed by atoms with Gasteiger partial charge in [0.05, 0.1) is 0 Å². The maximum Gasteiger partial charge on any atom is 0.346 e. The number of hydrogen-bond acceptors (Lipinski definition) is 3. The van der Waals surface area contributed by atoms with E-state index in [1.807, 2.05) is 0 Å². The molecule has 0 aromatic carbocycles. The van der Waals surface area contributed by atoms with Gasteiger partial charge in [-0.25, -0.2) is 4.79 Å². The first-order valence-corrected chi connectivity index (χ1v) is 3.11. The number of hydrogen-bond donors (Lipinski definition) is 1. The number of thiocarbonyl (C=S) groups is 1. The summed E-state index contributed by atoms with van der Waals surface area (Å²) in [5, 5.41) is -0.383. The van der Waals surface area contributed by atoms with Gasteiger partial charge in [0.15, 0.2) is 0 Å². The molecule has 0 bridgehead atoms. The molecule has 52 valence electrons. The largest absolute Gasteiger partial charge is 0.397 e. The third-order valence-corrected chi connectivity index (χ3v) is 0.819. The van der Waals surface area contributed by atoms with Crippen molar-refractivity contribution in [3.8, 4) is 0 Å². The van der Waals surface area contributed by atoms with E-state index in [1.165, 1.54) is 0 Å². The maximum atomic E-state index is 10.3. The van der Waals surface area contributed by atoms with Gasteiger partial charge in [-0.15, -0.1) is 0 Å². The normalized spacial score (nSPS) is 9.22. The van der Waals surface area contributed by atoms with Crippen molar-refractivity contribution in [1.29, 1.82) is 0 Å². The number of carbonyl (C=O) groups is 1. The van der Waals surface area contributed by atoms with Crippen molar-refractivity contribution >= 4 is 46.6 Å². The molecule has 9 heavy (non-hydrogen) atoms. The standard InChI is InChI=1S/C3H3Cl2NO2S/c4-1(5)2(7)8-3(6)9/h1H,(H2,6,9). The molecule has 2 N–H and O–H groups in total. The second kappa shape index (κ2) is 3.87. The van der Waals surface area contributed by atoms with Crippen LogP contribution in [0.4, 0.5) is 0 Å². The van der Waals surface area contributed by atoms with Crippen molar-refractivity contribution in [1.82, 2.24) is 0 Å². The number of ether oxygens (including phenoxy) is 1. The lowest BCUT2D eigenvalue weighted by Gasteiger charge is -1.98. The molecule has 0 spiro atoms. The molecule has 0 rings (SSSR count). The Hall–Kier alpha value is -0.0600. The molecule has 6 heteroatoms. The number of esters is 1. The van der Waals surface area contributed by atoms with E-state index in [0.717, 1.165) is 0 Å². The van der Waals surface area contributed by atoms with Gasteiger partial charge in [-0.3, -0.25) is 0 Å². The van der Waals surface area contributed by atoms with Crippen LogP contribution in [0.3, 0.4) is 0 Å². The monoisotopic (exact) mass is 187 g/mol. The molecule has 0 aromatic heterocycles. The molecular formula is C3H3Cl2NO2S. The third-order valence-electron chi connectivity index (χ3n) is 0.379. The molecule has 0 aromatic rings. The summed E-state index contributed by atoms with van der Waals surface area (Å²) in [6, 6.07) is 0. The van der Waals surface area contributed by atoms with Gasteiger partial charge < -0.3 is 10.5 Å². The van der Waals surface area contributed by atoms with Gasteiger partial charge in [0.25, 0.3) is 5.17 Å². The second-order valence-corrected chi connectivity index (χ2v) is 2.54. The first-order chi connectivity index (χ1) is 4.04. The van der Waals surface area contributed by atoms with E-state index in [4.69, 9.17) is 28.9 Å². The van der Waals surface area contributed by atoms with Gasteiger partial charge in [-0.05, 0) is 12.2 Å². The fraction of sp³-hybridized carbons (Fsp3) is 0.333. The van der Waals surface area contributed by atoms with E-state index in [0.29, 0.717) is 0 Å². The van der Waals surface area contributed by atoms with E-state index in [2.05, 4.69) is 17.0 Å². The van der Waals surface area contributed by atoms with Crippen LogP contribution in [0.5, 0.6) is 0 Å². The molecule has 0 amide bonds.